The maximum absolute atomic E-state index is 13.1. The van der Waals surface area contributed by atoms with Gasteiger partial charge < -0.3 is 15.4 Å². The lowest BCUT2D eigenvalue weighted by Gasteiger charge is -2.19. The Bertz CT molecular complexity index is 522. The maximum atomic E-state index is 13.1. The minimum atomic E-state index is -0.488. The zero-order valence-electron chi connectivity index (χ0n) is 13.7. The highest BCUT2D eigenvalue weighted by molar-refractivity contribution is 5.67. The largest absolute Gasteiger partial charge is 0.444 e. The second-order valence-electron chi connectivity index (χ2n) is 6.06. The van der Waals surface area contributed by atoms with Crippen molar-refractivity contribution in [2.24, 2.45) is 0 Å². The van der Waals surface area contributed by atoms with Gasteiger partial charge in [-0.3, -0.25) is 0 Å². The first-order valence-electron chi connectivity index (χ1n) is 7.35. The number of amides is 1. The van der Waals surface area contributed by atoms with E-state index in [9.17, 15) is 9.18 Å². The van der Waals surface area contributed by atoms with Crippen LogP contribution in [0, 0.1) is 12.7 Å². The molecule has 0 bridgehead atoms. The van der Waals surface area contributed by atoms with Crippen LogP contribution in [0.3, 0.4) is 0 Å². The molecule has 22 heavy (non-hydrogen) atoms. The third kappa shape index (κ3) is 7.78. The lowest BCUT2D eigenvalue weighted by molar-refractivity contribution is 0.0534. The average molecular weight is 308 g/mol. The molecule has 0 aliphatic rings. The number of aryl methyl sites for hydroxylation is 1. The summed E-state index contributed by atoms with van der Waals surface area (Å²) in [6.07, 6.45) is 3.32. The lowest BCUT2D eigenvalue weighted by Crippen LogP contribution is -2.32. The van der Waals surface area contributed by atoms with Gasteiger partial charge in [-0.05, 0) is 51.0 Å². The van der Waals surface area contributed by atoms with Gasteiger partial charge in [0.25, 0.3) is 0 Å². The number of carbonyl (C=O) groups excluding carboxylic acids is 1. The number of rotatable bonds is 6. The lowest BCUT2D eigenvalue weighted by atomic mass is 10.1. The smallest absolute Gasteiger partial charge is 0.407 e. The first-order valence-corrected chi connectivity index (χ1v) is 7.35. The van der Waals surface area contributed by atoms with E-state index in [1.807, 2.05) is 39.8 Å². The minimum absolute atomic E-state index is 0.223. The Labute approximate surface area is 131 Å². The van der Waals surface area contributed by atoms with E-state index >= 15 is 0 Å². The van der Waals surface area contributed by atoms with Crippen molar-refractivity contribution in [1.82, 2.24) is 10.6 Å². The van der Waals surface area contributed by atoms with Crippen LogP contribution in [0.2, 0.25) is 0 Å². The summed E-state index contributed by atoms with van der Waals surface area (Å²) >= 11 is 0. The van der Waals surface area contributed by atoms with Crippen molar-refractivity contribution in [2.45, 2.75) is 39.8 Å². The van der Waals surface area contributed by atoms with Crippen molar-refractivity contribution >= 4 is 6.09 Å². The molecule has 0 aliphatic carbocycles. The molecule has 2 N–H and O–H groups in total. The van der Waals surface area contributed by atoms with Crippen molar-refractivity contribution in [1.29, 1.82) is 0 Å². The van der Waals surface area contributed by atoms with E-state index in [0.29, 0.717) is 19.6 Å². The maximum Gasteiger partial charge on any atom is 0.407 e. The highest BCUT2D eigenvalue weighted by atomic mass is 19.1. The van der Waals surface area contributed by atoms with Crippen LogP contribution in [-0.2, 0) is 11.3 Å². The van der Waals surface area contributed by atoms with Gasteiger partial charge in [0.1, 0.15) is 11.4 Å². The van der Waals surface area contributed by atoms with Crippen molar-refractivity contribution in [3.05, 3.63) is 47.3 Å². The van der Waals surface area contributed by atoms with Crippen LogP contribution in [0.15, 0.2) is 30.4 Å². The van der Waals surface area contributed by atoms with Crippen LogP contribution in [0.5, 0.6) is 0 Å². The summed E-state index contributed by atoms with van der Waals surface area (Å²) in [5.74, 6) is -0.223. The molecule has 0 saturated heterocycles. The van der Waals surface area contributed by atoms with Crippen LogP contribution >= 0.6 is 0 Å². The first-order chi connectivity index (χ1) is 10.3. The van der Waals surface area contributed by atoms with Gasteiger partial charge in [0.05, 0.1) is 0 Å². The normalized spacial score (nSPS) is 11.7. The fourth-order valence-corrected chi connectivity index (χ4v) is 1.74. The van der Waals surface area contributed by atoms with Crippen LogP contribution in [0.25, 0.3) is 0 Å². The van der Waals surface area contributed by atoms with Gasteiger partial charge in [-0.1, -0.05) is 18.2 Å². The zero-order valence-corrected chi connectivity index (χ0v) is 13.7. The van der Waals surface area contributed by atoms with Crippen LogP contribution < -0.4 is 10.6 Å². The van der Waals surface area contributed by atoms with Gasteiger partial charge >= 0.3 is 6.09 Å². The number of alkyl carbamates (subject to hydrolysis) is 1. The molecular weight excluding hydrogens is 283 g/mol. The van der Waals surface area contributed by atoms with E-state index in [2.05, 4.69) is 10.6 Å². The topological polar surface area (TPSA) is 50.4 Å². The molecule has 0 unspecified atom stereocenters. The second-order valence-corrected chi connectivity index (χ2v) is 6.06. The Hall–Kier alpha value is -1.88. The van der Waals surface area contributed by atoms with Crippen molar-refractivity contribution < 1.29 is 13.9 Å². The number of carbonyl (C=O) groups is 1. The van der Waals surface area contributed by atoms with E-state index in [1.54, 1.807) is 6.07 Å². The van der Waals surface area contributed by atoms with Gasteiger partial charge in [-0.2, -0.15) is 0 Å². The summed E-state index contributed by atoms with van der Waals surface area (Å²) in [5, 5.41) is 5.84. The van der Waals surface area contributed by atoms with E-state index in [1.165, 1.54) is 12.1 Å². The number of ether oxygens (including phenoxy) is 1. The van der Waals surface area contributed by atoms with Gasteiger partial charge in [-0.15, -0.1) is 0 Å². The second kappa shape index (κ2) is 8.54. The minimum Gasteiger partial charge on any atom is -0.444 e. The standard InChI is InChI=1S/C17H25FN2O2/c1-13-7-8-15(18)11-14(13)12-19-9-5-6-10-20-16(21)22-17(2,3)4/h5-8,11,19H,9-10,12H2,1-4H3,(H,20,21)/b6-5+. The highest BCUT2D eigenvalue weighted by Crippen LogP contribution is 2.09. The molecule has 0 aromatic heterocycles. The Balaban J connectivity index is 2.19. The fraction of sp³-hybridized carbons (Fsp3) is 0.471. The molecule has 122 valence electrons. The number of nitrogens with one attached hydrogen (secondary N) is 2. The average Bonchev–Trinajstić information content (AvgIpc) is 2.39. The van der Waals surface area contributed by atoms with Crippen LogP contribution in [-0.4, -0.2) is 24.8 Å². The van der Waals surface area contributed by atoms with Gasteiger partial charge in [0.15, 0.2) is 0 Å². The Kier molecular flexibility index (Phi) is 7.05. The predicted molar refractivity (Wildman–Crippen MR) is 86.2 cm³/mol. The summed E-state index contributed by atoms with van der Waals surface area (Å²) in [5.41, 5.74) is 1.52. The molecule has 4 nitrogen and oxygen atoms in total. The van der Waals surface area contributed by atoms with Crippen LogP contribution in [0.4, 0.5) is 9.18 Å². The molecule has 0 atom stereocenters. The molecule has 1 aromatic rings. The first kappa shape index (κ1) is 18.2. The molecule has 1 rings (SSSR count). The van der Waals surface area contributed by atoms with E-state index in [-0.39, 0.29) is 5.82 Å². The number of benzene rings is 1. The third-order valence-electron chi connectivity index (χ3n) is 2.82. The third-order valence-corrected chi connectivity index (χ3v) is 2.82. The molecule has 0 aliphatic heterocycles. The monoisotopic (exact) mass is 308 g/mol. The predicted octanol–water partition coefficient (Wildman–Crippen LogP) is 3.30. The fourth-order valence-electron chi connectivity index (χ4n) is 1.74. The Morgan fingerprint density at radius 1 is 1.27 bits per heavy atom. The number of hydrogen-bond acceptors (Lipinski definition) is 3. The zero-order chi connectivity index (χ0) is 16.6. The Morgan fingerprint density at radius 2 is 1.95 bits per heavy atom. The van der Waals surface area contributed by atoms with E-state index < -0.39 is 11.7 Å². The SMILES string of the molecule is Cc1ccc(F)cc1CNC/C=C/CNC(=O)OC(C)(C)C. The van der Waals surface area contributed by atoms with Crippen LogP contribution in [0.1, 0.15) is 31.9 Å². The summed E-state index contributed by atoms with van der Waals surface area (Å²) < 4.78 is 18.2. The molecule has 0 heterocycles. The van der Waals surface area contributed by atoms with Gasteiger partial charge in [0, 0.05) is 19.6 Å². The Morgan fingerprint density at radius 3 is 2.64 bits per heavy atom. The molecule has 5 heteroatoms. The van der Waals surface area contributed by atoms with Crippen molar-refractivity contribution in [3.63, 3.8) is 0 Å². The molecule has 0 fully saturated rings. The van der Waals surface area contributed by atoms with E-state index in [4.69, 9.17) is 4.74 Å². The van der Waals surface area contributed by atoms with Gasteiger partial charge in [-0.25, -0.2) is 9.18 Å². The summed E-state index contributed by atoms with van der Waals surface area (Å²) in [6.45, 7) is 9.08. The highest BCUT2D eigenvalue weighted by Gasteiger charge is 2.14. The molecule has 1 amide bonds. The van der Waals surface area contributed by atoms with Crippen molar-refractivity contribution in [2.75, 3.05) is 13.1 Å². The molecule has 0 radical (unpaired) electrons. The summed E-state index contributed by atoms with van der Waals surface area (Å²) in [6, 6.07) is 4.77. The summed E-state index contributed by atoms with van der Waals surface area (Å²) in [4.78, 5) is 11.4. The molecular formula is C17H25FN2O2. The molecule has 1 aromatic carbocycles. The number of halogens is 1. The van der Waals surface area contributed by atoms with E-state index in [0.717, 1.165) is 11.1 Å². The number of hydrogen-bond donors (Lipinski definition) is 2. The van der Waals surface area contributed by atoms with Crippen molar-refractivity contribution in [3.8, 4) is 0 Å². The molecule has 0 spiro atoms. The quantitative estimate of drug-likeness (QED) is 0.626. The summed E-state index contributed by atoms with van der Waals surface area (Å²) in [7, 11) is 0. The molecule has 0 saturated carbocycles. The van der Waals surface area contributed by atoms with Gasteiger partial charge in [0.2, 0.25) is 0 Å².